The van der Waals surface area contributed by atoms with Gasteiger partial charge in [-0.25, -0.2) is 9.59 Å². The lowest BCUT2D eigenvalue weighted by Gasteiger charge is -2.15. The first-order valence-corrected chi connectivity index (χ1v) is 15.5. The smallest absolute Gasteiger partial charge is 0.293 e. The Balaban J connectivity index is 0.000000246. The van der Waals surface area contributed by atoms with Crippen molar-refractivity contribution in [2.75, 3.05) is 0 Å². The molecule has 0 aliphatic rings. The second-order valence-corrected chi connectivity index (χ2v) is 11.5. The van der Waals surface area contributed by atoms with Gasteiger partial charge in [-0.3, -0.25) is 28.7 Å². The molecule has 8 nitrogen and oxygen atoms in total. The number of aromatic nitrogens is 4. The second kappa shape index (κ2) is 15.8. The summed E-state index contributed by atoms with van der Waals surface area (Å²) in [6.45, 7) is 18.6. The highest BCUT2D eigenvalue weighted by Gasteiger charge is 2.15. The van der Waals surface area contributed by atoms with Gasteiger partial charge in [0.25, 0.3) is 11.1 Å². The van der Waals surface area contributed by atoms with Gasteiger partial charge in [-0.2, -0.15) is 0 Å². The van der Waals surface area contributed by atoms with Crippen LogP contribution in [0.5, 0.6) is 0 Å². The molecule has 0 amide bonds. The van der Waals surface area contributed by atoms with E-state index in [1.807, 2.05) is 46.8 Å². The standard InChI is InChI=1S/C19H24N2O2.C18H22N2O2/c1-5-7-8-21-17(16(6-2)18(22)20-19(21)23)12-15-10-13(3)9-14(4)11-15;1-5-7-20-16(15(6-2)17(21)19-18(20)22)11-14-9-12(3)8-13(4)10-14/h5,7,9-11H,6,8,12H2,1-4H3,(H,20,22,23);5,8-10H,1,6-7,11H2,2-4H3,(H,19,21,22)/b7-5+;. The van der Waals surface area contributed by atoms with Crippen LogP contribution in [0.25, 0.3) is 0 Å². The van der Waals surface area contributed by atoms with Gasteiger partial charge in [0.05, 0.1) is 0 Å². The molecule has 0 saturated heterocycles. The van der Waals surface area contributed by atoms with Crippen LogP contribution in [0.2, 0.25) is 0 Å². The zero-order chi connectivity index (χ0) is 33.3. The van der Waals surface area contributed by atoms with Gasteiger partial charge in [0.2, 0.25) is 0 Å². The minimum atomic E-state index is -0.374. The van der Waals surface area contributed by atoms with E-state index >= 15 is 0 Å². The van der Waals surface area contributed by atoms with Crippen LogP contribution in [-0.2, 0) is 38.8 Å². The van der Waals surface area contributed by atoms with Crippen molar-refractivity contribution >= 4 is 0 Å². The molecule has 4 aromatic rings. The number of aryl methyl sites for hydroxylation is 4. The maximum absolute atomic E-state index is 12.2. The van der Waals surface area contributed by atoms with Gasteiger partial charge in [0.1, 0.15) is 0 Å². The quantitative estimate of drug-likeness (QED) is 0.235. The van der Waals surface area contributed by atoms with E-state index in [4.69, 9.17) is 0 Å². The number of hydrogen-bond donors (Lipinski definition) is 2. The van der Waals surface area contributed by atoms with Crippen LogP contribution in [0.1, 0.15) is 76.7 Å². The summed E-state index contributed by atoms with van der Waals surface area (Å²) in [5.41, 5.74) is 8.62. The maximum Gasteiger partial charge on any atom is 0.328 e. The summed E-state index contributed by atoms with van der Waals surface area (Å²) < 4.78 is 3.27. The Morgan fingerprint density at radius 1 is 0.644 bits per heavy atom. The molecular formula is C37H46N4O4. The average Bonchev–Trinajstić information content (AvgIpc) is 2.94. The summed E-state index contributed by atoms with van der Waals surface area (Å²) in [4.78, 5) is 53.4. The lowest BCUT2D eigenvalue weighted by atomic mass is 10.0. The van der Waals surface area contributed by atoms with Crippen molar-refractivity contribution in [3.05, 3.63) is 159 Å². The predicted octanol–water partition coefficient (Wildman–Crippen LogP) is 5.38. The van der Waals surface area contributed by atoms with Crippen molar-refractivity contribution < 1.29 is 0 Å². The molecule has 8 heteroatoms. The molecule has 0 aliphatic heterocycles. The van der Waals surface area contributed by atoms with Crippen LogP contribution in [0.3, 0.4) is 0 Å². The van der Waals surface area contributed by atoms with Crippen LogP contribution >= 0.6 is 0 Å². The Morgan fingerprint density at radius 3 is 1.36 bits per heavy atom. The Labute approximate surface area is 264 Å². The highest BCUT2D eigenvalue weighted by atomic mass is 16.2. The molecule has 0 radical (unpaired) electrons. The third-order valence-corrected chi connectivity index (χ3v) is 7.68. The third kappa shape index (κ3) is 8.91. The molecule has 2 N–H and O–H groups in total. The Morgan fingerprint density at radius 2 is 1.02 bits per heavy atom. The normalized spacial score (nSPS) is 11.0. The summed E-state index contributed by atoms with van der Waals surface area (Å²) >= 11 is 0. The molecule has 2 aromatic carbocycles. The number of nitrogens with one attached hydrogen (secondary N) is 2. The van der Waals surface area contributed by atoms with Crippen LogP contribution in [0.4, 0.5) is 0 Å². The van der Waals surface area contributed by atoms with Gasteiger partial charge in [-0.05, 0) is 58.6 Å². The second-order valence-electron chi connectivity index (χ2n) is 11.5. The minimum absolute atomic E-state index is 0.270. The molecule has 0 unspecified atom stereocenters. The molecule has 0 spiro atoms. The monoisotopic (exact) mass is 610 g/mol. The summed E-state index contributed by atoms with van der Waals surface area (Å²) in [7, 11) is 0. The summed E-state index contributed by atoms with van der Waals surface area (Å²) in [5, 5.41) is 0. The van der Waals surface area contributed by atoms with E-state index in [1.165, 1.54) is 22.3 Å². The van der Waals surface area contributed by atoms with Gasteiger partial charge in [0, 0.05) is 48.4 Å². The number of hydrogen-bond acceptors (Lipinski definition) is 4. The number of allylic oxidation sites excluding steroid dienone is 3. The lowest BCUT2D eigenvalue weighted by molar-refractivity contribution is 0.675. The molecule has 2 heterocycles. The molecule has 4 rings (SSSR count). The van der Waals surface area contributed by atoms with E-state index in [-0.39, 0.29) is 22.5 Å². The minimum Gasteiger partial charge on any atom is -0.293 e. The molecular weight excluding hydrogens is 564 g/mol. The van der Waals surface area contributed by atoms with Gasteiger partial charge >= 0.3 is 11.4 Å². The van der Waals surface area contributed by atoms with Crippen molar-refractivity contribution in [3.63, 3.8) is 0 Å². The molecule has 0 fully saturated rings. The van der Waals surface area contributed by atoms with Crippen molar-refractivity contribution in [2.24, 2.45) is 0 Å². The van der Waals surface area contributed by atoms with Crippen molar-refractivity contribution in [3.8, 4) is 0 Å². The maximum atomic E-state index is 12.2. The Hall–Kier alpha value is -4.72. The fraction of sp³-hybridized carbons (Fsp3) is 0.351. The number of rotatable bonds is 10. The molecule has 2 aromatic heterocycles. The third-order valence-electron chi connectivity index (χ3n) is 7.68. The molecule has 238 valence electrons. The van der Waals surface area contributed by atoms with Gasteiger partial charge in [-0.1, -0.05) is 90.7 Å². The zero-order valence-corrected chi connectivity index (χ0v) is 27.7. The summed E-state index contributed by atoms with van der Waals surface area (Å²) in [6.07, 6.45) is 7.84. The average molecular weight is 611 g/mol. The predicted molar refractivity (Wildman–Crippen MR) is 184 cm³/mol. The molecule has 0 saturated carbocycles. The first-order chi connectivity index (χ1) is 21.4. The topological polar surface area (TPSA) is 110 Å². The van der Waals surface area contributed by atoms with E-state index in [1.54, 1.807) is 15.2 Å². The Bertz CT molecular complexity index is 1900. The van der Waals surface area contributed by atoms with E-state index < -0.39 is 0 Å². The van der Waals surface area contributed by atoms with E-state index in [2.05, 4.69) is 66.8 Å². The first-order valence-electron chi connectivity index (χ1n) is 15.5. The highest BCUT2D eigenvalue weighted by molar-refractivity contribution is 5.34. The van der Waals surface area contributed by atoms with Crippen LogP contribution in [0.15, 0.2) is 80.4 Å². The summed E-state index contributed by atoms with van der Waals surface area (Å²) in [5.74, 6) is 0. The molecule has 0 bridgehead atoms. The van der Waals surface area contributed by atoms with Crippen LogP contribution in [0, 0.1) is 27.7 Å². The molecule has 0 atom stereocenters. The van der Waals surface area contributed by atoms with Crippen molar-refractivity contribution in [1.82, 2.24) is 19.1 Å². The number of aromatic amines is 2. The fourth-order valence-corrected chi connectivity index (χ4v) is 5.90. The molecule has 45 heavy (non-hydrogen) atoms. The van der Waals surface area contributed by atoms with Gasteiger partial charge in [0.15, 0.2) is 0 Å². The van der Waals surface area contributed by atoms with E-state index in [0.29, 0.717) is 49.9 Å². The number of benzene rings is 2. The Kier molecular flexibility index (Phi) is 12.2. The van der Waals surface area contributed by atoms with Crippen LogP contribution < -0.4 is 22.5 Å². The van der Waals surface area contributed by atoms with Crippen molar-refractivity contribution in [2.45, 2.75) is 87.2 Å². The summed E-state index contributed by atoms with van der Waals surface area (Å²) in [6, 6.07) is 12.6. The number of nitrogens with zero attached hydrogens (tertiary/aromatic N) is 2. The van der Waals surface area contributed by atoms with Gasteiger partial charge < -0.3 is 0 Å². The lowest BCUT2D eigenvalue weighted by Crippen LogP contribution is -2.35. The van der Waals surface area contributed by atoms with E-state index in [0.717, 1.165) is 22.5 Å². The van der Waals surface area contributed by atoms with Gasteiger partial charge in [-0.15, -0.1) is 6.58 Å². The van der Waals surface area contributed by atoms with Crippen molar-refractivity contribution in [1.29, 1.82) is 0 Å². The SMILES string of the molecule is C/C=C/Cn1c(Cc2cc(C)cc(C)c2)c(CC)c(=O)[nH]c1=O.C=CCn1c(Cc2cc(C)cc(C)c2)c(CC)c(=O)[nH]c1=O. The zero-order valence-electron chi connectivity index (χ0n) is 27.7. The molecule has 0 aliphatic carbocycles. The highest BCUT2D eigenvalue weighted by Crippen LogP contribution is 2.17. The van der Waals surface area contributed by atoms with E-state index in [9.17, 15) is 19.2 Å². The first kappa shape index (κ1) is 34.8. The van der Waals surface area contributed by atoms with Crippen LogP contribution in [-0.4, -0.2) is 19.1 Å². The largest absolute Gasteiger partial charge is 0.328 e. The fourth-order valence-electron chi connectivity index (χ4n) is 5.90. The number of H-pyrrole nitrogens is 2.